The molecule has 4 aromatic heterocycles. The Kier molecular flexibility index (Phi) is 8.23. The highest BCUT2D eigenvalue weighted by Gasteiger charge is 2.42. The summed E-state index contributed by atoms with van der Waals surface area (Å²) in [4.78, 5) is 50.5. The van der Waals surface area contributed by atoms with E-state index >= 15 is 0 Å². The molecule has 7 rings (SSSR count). The molecule has 1 N–H and O–H groups in total. The Bertz CT molecular complexity index is 1980. The van der Waals surface area contributed by atoms with E-state index in [9.17, 15) is 19.5 Å². The van der Waals surface area contributed by atoms with Crippen LogP contribution in [0.15, 0.2) is 78.0 Å². The molecule has 47 heavy (non-hydrogen) atoms. The second-order valence-corrected chi connectivity index (χ2v) is 13.9. The van der Waals surface area contributed by atoms with E-state index in [1.165, 1.54) is 22.2 Å². The quantitative estimate of drug-likeness (QED) is 0.296. The van der Waals surface area contributed by atoms with Gasteiger partial charge in [-0.1, -0.05) is 30.3 Å². The van der Waals surface area contributed by atoms with Gasteiger partial charge in [0.1, 0.15) is 17.7 Å². The number of carbonyl (C=O) groups is 2. The standard InChI is InChI=1S/C35H37N7O4S/c1-23-8-9-28(38-37-23)29-10-11-30(47-29)34(45)41-17-13-25(27(20-41)24-6-4-3-5-7-24)32(43)40-18-14-35(46,15-19-40)21-42-22-36-31-26(33(42)44)12-16-39(31)2/h3-12,16,22,25,27,46H,13-15,17-21H2,1-2H3/t25-,27+/m1/s1. The fraction of sp³-hybridized carbons (Fsp3) is 0.371. The summed E-state index contributed by atoms with van der Waals surface area (Å²) in [7, 11) is 1.84. The fourth-order valence-electron chi connectivity index (χ4n) is 6.89. The van der Waals surface area contributed by atoms with E-state index in [4.69, 9.17) is 0 Å². The van der Waals surface area contributed by atoms with Crippen LogP contribution >= 0.6 is 11.3 Å². The number of benzene rings is 1. The van der Waals surface area contributed by atoms with Crippen molar-refractivity contribution < 1.29 is 14.7 Å². The molecule has 0 bridgehead atoms. The minimum absolute atomic E-state index is 0.0467. The van der Waals surface area contributed by atoms with E-state index in [1.54, 1.807) is 16.8 Å². The van der Waals surface area contributed by atoms with Crippen molar-refractivity contribution in [3.8, 4) is 10.6 Å². The number of piperidine rings is 2. The highest BCUT2D eigenvalue weighted by Crippen LogP contribution is 2.37. The topological polar surface area (TPSA) is 126 Å². The lowest BCUT2D eigenvalue weighted by atomic mass is 9.79. The van der Waals surface area contributed by atoms with Gasteiger partial charge in [-0.05, 0) is 62.1 Å². The molecule has 1 aromatic carbocycles. The zero-order chi connectivity index (χ0) is 32.7. The van der Waals surface area contributed by atoms with Crippen LogP contribution in [0.5, 0.6) is 0 Å². The zero-order valence-corrected chi connectivity index (χ0v) is 27.3. The summed E-state index contributed by atoms with van der Waals surface area (Å²) in [5.74, 6) is -0.447. The molecule has 0 radical (unpaired) electrons. The first-order chi connectivity index (χ1) is 22.7. The number of thiophene rings is 1. The van der Waals surface area contributed by atoms with Crippen molar-refractivity contribution in [1.82, 2.24) is 34.1 Å². The summed E-state index contributed by atoms with van der Waals surface area (Å²) in [6, 6.07) is 19.3. The van der Waals surface area contributed by atoms with Crippen LogP contribution < -0.4 is 5.56 Å². The molecular formula is C35H37N7O4S. The predicted molar refractivity (Wildman–Crippen MR) is 179 cm³/mol. The molecule has 0 aliphatic carbocycles. The van der Waals surface area contributed by atoms with E-state index in [0.717, 1.165) is 21.8 Å². The molecule has 0 saturated carbocycles. The lowest BCUT2D eigenvalue weighted by Crippen LogP contribution is -2.53. The molecule has 6 heterocycles. The van der Waals surface area contributed by atoms with Gasteiger partial charge >= 0.3 is 0 Å². The number of rotatable bonds is 6. The van der Waals surface area contributed by atoms with Gasteiger partial charge < -0.3 is 19.5 Å². The average Bonchev–Trinajstić information content (AvgIpc) is 3.74. The summed E-state index contributed by atoms with van der Waals surface area (Å²) in [5, 5.41) is 20.4. The summed E-state index contributed by atoms with van der Waals surface area (Å²) in [5.41, 5.74) is 1.90. The number of aliphatic hydroxyl groups is 1. The average molecular weight is 652 g/mol. The second-order valence-electron chi connectivity index (χ2n) is 12.8. The van der Waals surface area contributed by atoms with E-state index in [0.29, 0.717) is 61.4 Å². The number of likely N-dealkylation sites (tertiary alicyclic amines) is 2. The second kappa shape index (κ2) is 12.5. The van der Waals surface area contributed by atoms with Crippen LogP contribution in [-0.2, 0) is 18.4 Å². The molecule has 11 nitrogen and oxygen atoms in total. The van der Waals surface area contributed by atoms with Crippen LogP contribution in [-0.4, -0.2) is 82.8 Å². The number of aryl methyl sites for hydroxylation is 2. The molecule has 2 saturated heterocycles. The van der Waals surface area contributed by atoms with Crippen molar-refractivity contribution in [2.75, 3.05) is 26.2 Å². The monoisotopic (exact) mass is 651 g/mol. The van der Waals surface area contributed by atoms with E-state index in [-0.39, 0.29) is 35.8 Å². The first-order valence-electron chi connectivity index (χ1n) is 16.0. The highest BCUT2D eigenvalue weighted by atomic mass is 32.1. The van der Waals surface area contributed by atoms with Gasteiger partial charge in [-0.25, -0.2) is 4.98 Å². The maximum Gasteiger partial charge on any atom is 0.263 e. The smallest absolute Gasteiger partial charge is 0.263 e. The van der Waals surface area contributed by atoms with Crippen LogP contribution in [0.3, 0.4) is 0 Å². The van der Waals surface area contributed by atoms with Crippen molar-refractivity contribution in [3.05, 3.63) is 99.7 Å². The van der Waals surface area contributed by atoms with Crippen molar-refractivity contribution in [2.45, 2.75) is 44.2 Å². The fourth-order valence-corrected chi connectivity index (χ4v) is 7.83. The molecule has 2 aliphatic heterocycles. The zero-order valence-electron chi connectivity index (χ0n) is 26.5. The maximum atomic E-state index is 14.1. The van der Waals surface area contributed by atoms with Crippen molar-refractivity contribution in [3.63, 3.8) is 0 Å². The maximum absolute atomic E-state index is 14.1. The van der Waals surface area contributed by atoms with Gasteiger partial charge in [0.05, 0.1) is 33.0 Å². The third kappa shape index (κ3) is 6.10. The van der Waals surface area contributed by atoms with Gasteiger partial charge in [-0.2, -0.15) is 5.10 Å². The Hall–Kier alpha value is -4.68. The SMILES string of the molecule is Cc1ccc(-c2ccc(C(=O)N3CC[C@@H](C(=O)N4CCC(O)(Cn5cnc6c(ccn6C)c5=O)CC4)[C@H](c4ccccc4)C3)s2)nn1. The molecule has 2 atom stereocenters. The van der Waals surface area contributed by atoms with Crippen LogP contribution in [0.2, 0.25) is 0 Å². The molecule has 5 aromatic rings. The van der Waals surface area contributed by atoms with Crippen LogP contribution in [0.4, 0.5) is 0 Å². The molecule has 2 aliphatic rings. The summed E-state index contributed by atoms with van der Waals surface area (Å²) in [6.07, 6.45) is 4.55. The van der Waals surface area contributed by atoms with Crippen molar-refractivity contribution in [2.24, 2.45) is 13.0 Å². The highest BCUT2D eigenvalue weighted by molar-refractivity contribution is 7.17. The predicted octanol–water partition coefficient (Wildman–Crippen LogP) is 3.86. The number of hydrogen-bond donors (Lipinski definition) is 1. The number of nitrogens with zero attached hydrogens (tertiary/aromatic N) is 7. The first-order valence-corrected chi connectivity index (χ1v) is 16.8. The molecule has 2 fully saturated rings. The number of aromatic nitrogens is 5. The summed E-state index contributed by atoms with van der Waals surface area (Å²) in [6.45, 7) is 3.72. The molecule has 242 valence electrons. The minimum atomic E-state index is -1.12. The number of hydrogen-bond acceptors (Lipinski definition) is 8. The number of carbonyl (C=O) groups excluding carboxylic acids is 2. The third-order valence-corrected chi connectivity index (χ3v) is 10.7. The van der Waals surface area contributed by atoms with Gasteiger partial charge in [0.15, 0.2) is 0 Å². The number of fused-ring (bicyclic) bond motifs is 1. The van der Waals surface area contributed by atoms with Crippen LogP contribution in [0.25, 0.3) is 21.6 Å². The molecule has 12 heteroatoms. The Morgan fingerprint density at radius 1 is 0.979 bits per heavy atom. The van der Waals surface area contributed by atoms with Gasteiger partial charge in [-0.15, -0.1) is 16.4 Å². The summed E-state index contributed by atoms with van der Waals surface area (Å²) < 4.78 is 3.27. The summed E-state index contributed by atoms with van der Waals surface area (Å²) >= 11 is 1.40. The van der Waals surface area contributed by atoms with E-state index < -0.39 is 5.60 Å². The lowest BCUT2D eigenvalue weighted by molar-refractivity contribution is -0.142. The van der Waals surface area contributed by atoms with Gasteiger partial charge in [0.25, 0.3) is 11.5 Å². The Balaban J connectivity index is 1.04. The van der Waals surface area contributed by atoms with Crippen molar-refractivity contribution >= 4 is 34.2 Å². The van der Waals surface area contributed by atoms with Gasteiger partial charge in [-0.3, -0.25) is 19.0 Å². The molecular weight excluding hydrogens is 614 g/mol. The van der Waals surface area contributed by atoms with E-state index in [2.05, 4.69) is 15.2 Å². The Morgan fingerprint density at radius 2 is 1.77 bits per heavy atom. The molecule has 0 spiro atoms. The van der Waals surface area contributed by atoms with Crippen LogP contribution in [0, 0.1) is 12.8 Å². The largest absolute Gasteiger partial charge is 0.388 e. The van der Waals surface area contributed by atoms with Gasteiger partial charge in [0, 0.05) is 51.3 Å². The first kappa shape index (κ1) is 30.9. The molecule has 0 unspecified atom stereocenters. The normalized spacial score (nSPS) is 19.6. The van der Waals surface area contributed by atoms with E-state index in [1.807, 2.05) is 78.4 Å². The number of amides is 2. The third-order valence-electron chi connectivity index (χ3n) is 9.63. The van der Waals surface area contributed by atoms with Crippen molar-refractivity contribution in [1.29, 1.82) is 0 Å². The molecule has 2 amide bonds. The minimum Gasteiger partial charge on any atom is -0.388 e. The Labute approximate surface area is 276 Å². The van der Waals surface area contributed by atoms with Crippen LogP contribution in [0.1, 0.15) is 46.1 Å². The lowest BCUT2D eigenvalue weighted by Gasteiger charge is -2.43. The van der Waals surface area contributed by atoms with Gasteiger partial charge in [0.2, 0.25) is 5.91 Å². The Morgan fingerprint density at radius 3 is 2.51 bits per heavy atom.